The molecule has 5 nitrogen and oxygen atoms in total. The molecule has 1 N–H and O–H groups in total. The zero-order chi connectivity index (χ0) is 18.7. The van der Waals surface area contributed by atoms with Gasteiger partial charge in [-0.2, -0.15) is 4.72 Å². The molecular formula is C20H30N2O3S. The van der Waals surface area contributed by atoms with Crippen molar-refractivity contribution in [1.29, 1.82) is 0 Å². The van der Waals surface area contributed by atoms with Crippen molar-refractivity contribution in [2.75, 3.05) is 13.1 Å². The Hall–Kier alpha value is -1.40. The van der Waals surface area contributed by atoms with Gasteiger partial charge in [0.1, 0.15) is 6.04 Å². The quantitative estimate of drug-likeness (QED) is 0.828. The van der Waals surface area contributed by atoms with Crippen molar-refractivity contribution < 1.29 is 13.2 Å². The van der Waals surface area contributed by atoms with Crippen LogP contribution in [0.25, 0.3) is 0 Å². The van der Waals surface area contributed by atoms with Gasteiger partial charge in [-0.15, -0.1) is 0 Å². The number of carbonyl (C=O) groups is 1. The van der Waals surface area contributed by atoms with Crippen molar-refractivity contribution in [1.82, 2.24) is 9.62 Å². The lowest BCUT2D eigenvalue weighted by atomic mass is 9.92. The fraction of sp³-hybridized carbons (Fsp3) is 0.650. The van der Waals surface area contributed by atoms with Crippen molar-refractivity contribution in [2.24, 2.45) is 5.92 Å². The van der Waals surface area contributed by atoms with Gasteiger partial charge in [-0.1, -0.05) is 19.9 Å². The number of carbonyl (C=O) groups excluding carboxylic acids is 1. The van der Waals surface area contributed by atoms with Crippen LogP contribution in [0.4, 0.5) is 0 Å². The summed E-state index contributed by atoms with van der Waals surface area (Å²) in [6, 6.07) is 4.72. The molecule has 1 atom stereocenters. The Morgan fingerprint density at radius 2 is 1.73 bits per heavy atom. The lowest BCUT2D eigenvalue weighted by Gasteiger charge is -2.25. The number of hydrogen-bond donors (Lipinski definition) is 1. The van der Waals surface area contributed by atoms with E-state index in [1.807, 2.05) is 19.9 Å². The van der Waals surface area contributed by atoms with E-state index in [0.29, 0.717) is 6.42 Å². The molecule has 1 aromatic rings. The molecule has 1 saturated heterocycles. The van der Waals surface area contributed by atoms with Crippen molar-refractivity contribution in [3.8, 4) is 0 Å². The minimum absolute atomic E-state index is 0.0854. The predicted molar refractivity (Wildman–Crippen MR) is 102 cm³/mol. The molecule has 0 bridgehead atoms. The minimum Gasteiger partial charge on any atom is -0.341 e. The van der Waals surface area contributed by atoms with Crippen LogP contribution in [-0.4, -0.2) is 38.4 Å². The van der Waals surface area contributed by atoms with Crippen LogP contribution in [0.5, 0.6) is 0 Å². The monoisotopic (exact) mass is 378 g/mol. The second-order valence-corrected chi connectivity index (χ2v) is 9.69. The minimum atomic E-state index is -3.71. The van der Waals surface area contributed by atoms with Gasteiger partial charge in [-0.05, 0) is 74.1 Å². The Morgan fingerprint density at radius 1 is 1.08 bits per heavy atom. The standard InChI is InChI=1S/C20H30N2O3S/c1-15(2)13-19(20(23)22-11-5-6-12-22)21-26(24,25)18-10-9-16-7-3-4-8-17(16)14-18/h9-10,14-15,19,21H,3-8,11-13H2,1-2H3/t19-/m0/s1. The Bertz CT molecular complexity index is 752. The first kappa shape index (κ1) is 19.4. The van der Waals surface area contributed by atoms with Crippen LogP contribution in [0, 0.1) is 5.92 Å². The van der Waals surface area contributed by atoms with E-state index in [4.69, 9.17) is 0 Å². The number of nitrogens with one attached hydrogen (secondary N) is 1. The molecule has 0 aromatic heterocycles. The number of sulfonamides is 1. The summed E-state index contributed by atoms with van der Waals surface area (Å²) in [4.78, 5) is 14.9. The van der Waals surface area contributed by atoms with E-state index in [1.54, 1.807) is 17.0 Å². The first-order chi connectivity index (χ1) is 12.4. The SMILES string of the molecule is CC(C)C[C@H](NS(=O)(=O)c1ccc2c(c1)CCCC2)C(=O)N1CCCC1. The largest absolute Gasteiger partial charge is 0.341 e. The Morgan fingerprint density at radius 3 is 2.38 bits per heavy atom. The number of benzene rings is 1. The number of rotatable bonds is 6. The summed E-state index contributed by atoms with van der Waals surface area (Å²) in [5, 5.41) is 0. The molecular weight excluding hydrogens is 348 g/mol. The first-order valence-corrected chi connectivity index (χ1v) is 11.3. The van der Waals surface area contributed by atoms with Gasteiger partial charge >= 0.3 is 0 Å². The topological polar surface area (TPSA) is 66.5 Å². The summed E-state index contributed by atoms with van der Waals surface area (Å²) in [5.41, 5.74) is 2.38. The number of hydrogen-bond acceptors (Lipinski definition) is 3. The number of fused-ring (bicyclic) bond motifs is 1. The van der Waals surface area contributed by atoms with E-state index < -0.39 is 16.1 Å². The number of aryl methyl sites for hydroxylation is 2. The van der Waals surface area contributed by atoms with E-state index >= 15 is 0 Å². The summed E-state index contributed by atoms with van der Waals surface area (Å²) in [7, 11) is -3.71. The van der Waals surface area contributed by atoms with Crippen LogP contribution in [0.1, 0.15) is 57.1 Å². The normalized spacial score (nSPS) is 18.8. The van der Waals surface area contributed by atoms with Crippen LogP contribution >= 0.6 is 0 Å². The maximum Gasteiger partial charge on any atom is 0.241 e. The third-order valence-electron chi connectivity index (χ3n) is 5.35. The van der Waals surface area contributed by atoms with Gasteiger partial charge in [-0.25, -0.2) is 8.42 Å². The predicted octanol–water partition coefficient (Wildman–Crippen LogP) is 2.88. The van der Waals surface area contributed by atoms with Gasteiger partial charge in [0, 0.05) is 13.1 Å². The molecule has 2 aliphatic rings. The van der Waals surface area contributed by atoms with E-state index in [2.05, 4.69) is 4.72 Å². The Kier molecular flexibility index (Phi) is 6.03. The first-order valence-electron chi connectivity index (χ1n) is 9.80. The lowest BCUT2D eigenvalue weighted by molar-refractivity contribution is -0.132. The summed E-state index contributed by atoms with van der Waals surface area (Å²) in [5.74, 6) is 0.149. The molecule has 3 rings (SSSR count). The van der Waals surface area contributed by atoms with Gasteiger partial charge in [0.2, 0.25) is 15.9 Å². The highest BCUT2D eigenvalue weighted by molar-refractivity contribution is 7.89. The molecule has 1 aliphatic carbocycles. The van der Waals surface area contributed by atoms with Crippen molar-refractivity contribution in [3.63, 3.8) is 0 Å². The van der Waals surface area contributed by atoms with Crippen molar-refractivity contribution in [3.05, 3.63) is 29.3 Å². The summed E-state index contributed by atoms with van der Waals surface area (Å²) in [6.07, 6.45) is 6.73. The number of likely N-dealkylation sites (tertiary alicyclic amines) is 1. The second kappa shape index (κ2) is 8.09. The molecule has 1 aliphatic heterocycles. The molecule has 0 radical (unpaired) electrons. The maximum atomic E-state index is 12.9. The van der Waals surface area contributed by atoms with E-state index in [9.17, 15) is 13.2 Å². The van der Waals surface area contributed by atoms with Crippen LogP contribution in [-0.2, 0) is 27.7 Å². The molecule has 144 valence electrons. The van der Waals surface area contributed by atoms with Gasteiger partial charge in [0.25, 0.3) is 0 Å². The molecule has 1 heterocycles. The molecule has 6 heteroatoms. The van der Waals surface area contributed by atoms with Crippen molar-refractivity contribution in [2.45, 2.75) is 69.7 Å². The van der Waals surface area contributed by atoms with E-state index in [-0.39, 0.29) is 16.7 Å². The fourth-order valence-electron chi connectivity index (χ4n) is 3.96. The van der Waals surface area contributed by atoms with Gasteiger partial charge in [0.05, 0.1) is 4.90 Å². The third kappa shape index (κ3) is 4.46. The smallest absolute Gasteiger partial charge is 0.241 e. The van der Waals surface area contributed by atoms with Crippen LogP contribution < -0.4 is 4.72 Å². The molecule has 1 aromatic carbocycles. The van der Waals surface area contributed by atoms with E-state index in [1.165, 1.54) is 5.56 Å². The van der Waals surface area contributed by atoms with Crippen molar-refractivity contribution >= 4 is 15.9 Å². The molecule has 0 spiro atoms. The molecule has 26 heavy (non-hydrogen) atoms. The number of nitrogens with zero attached hydrogens (tertiary/aromatic N) is 1. The fourth-order valence-corrected chi connectivity index (χ4v) is 5.21. The van der Waals surface area contributed by atoms with E-state index in [0.717, 1.165) is 57.2 Å². The second-order valence-electron chi connectivity index (χ2n) is 7.97. The van der Waals surface area contributed by atoms with Gasteiger partial charge < -0.3 is 4.90 Å². The lowest BCUT2D eigenvalue weighted by Crippen LogP contribution is -2.48. The van der Waals surface area contributed by atoms with Crippen LogP contribution in [0.3, 0.4) is 0 Å². The molecule has 0 saturated carbocycles. The van der Waals surface area contributed by atoms with Crippen LogP contribution in [0.15, 0.2) is 23.1 Å². The highest BCUT2D eigenvalue weighted by Gasteiger charge is 2.31. The Balaban J connectivity index is 1.81. The van der Waals surface area contributed by atoms with Gasteiger partial charge in [-0.3, -0.25) is 4.79 Å². The Labute approximate surface area is 157 Å². The molecule has 1 amide bonds. The number of amides is 1. The molecule has 1 fully saturated rings. The zero-order valence-electron chi connectivity index (χ0n) is 15.8. The zero-order valence-corrected chi connectivity index (χ0v) is 16.6. The van der Waals surface area contributed by atoms with Gasteiger partial charge in [0.15, 0.2) is 0 Å². The van der Waals surface area contributed by atoms with Crippen LogP contribution in [0.2, 0.25) is 0 Å². The average molecular weight is 379 g/mol. The maximum absolute atomic E-state index is 12.9. The highest BCUT2D eigenvalue weighted by atomic mass is 32.2. The summed E-state index contributed by atoms with van der Waals surface area (Å²) < 4.78 is 28.6. The molecule has 0 unspecified atom stereocenters. The average Bonchev–Trinajstić information content (AvgIpc) is 3.14. The third-order valence-corrected chi connectivity index (χ3v) is 6.82. The highest BCUT2D eigenvalue weighted by Crippen LogP contribution is 2.24. The summed E-state index contributed by atoms with van der Waals surface area (Å²) >= 11 is 0. The summed E-state index contributed by atoms with van der Waals surface area (Å²) in [6.45, 7) is 5.48.